The summed E-state index contributed by atoms with van der Waals surface area (Å²) in [7, 11) is 0. The van der Waals surface area contributed by atoms with Crippen molar-refractivity contribution in [2.24, 2.45) is 23.2 Å². The number of amides is 1. The van der Waals surface area contributed by atoms with Crippen LogP contribution in [-0.4, -0.2) is 16.7 Å². The molecule has 1 aromatic heterocycles. The van der Waals surface area contributed by atoms with Crippen molar-refractivity contribution in [3.05, 3.63) is 46.2 Å². The molecular weight excluding hydrogens is 411 g/mol. The first-order valence-corrected chi connectivity index (χ1v) is 12.2. The first kappa shape index (κ1) is 20.8. The molecule has 164 valence electrons. The fourth-order valence-electron chi connectivity index (χ4n) is 6.77. The summed E-state index contributed by atoms with van der Waals surface area (Å²) in [5, 5.41) is 3.53. The Morgan fingerprint density at radius 1 is 1.35 bits per heavy atom. The molecular formula is C25H29FN2O2S. The highest BCUT2D eigenvalue weighted by molar-refractivity contribution is 7.15. The molecule has 31 heavy (non-hydrogen) atoms. The number of aryl methyl sites for hydroxylation is 2. The van der Waals surface area contributed by atoms with E-state index in [2.05, 4.69) is 17.2 Å². The van der Waals surface area contributed by atoms with Crippen molar-refractivity contribution in [1.82, 2.24) is 4.98 Å². The van der Waals surface area contributed by atoms with Gasteiger partial charge in [-0.3, -0.25) is 9.59 Å². The van der Waals surface area contributed by atoms with E-state index in [1.807, 2.05) is 13.0 Å². The average molecular weight is 441 g/mol. The molecule has 5 rings (SSSR count). The standard InChI is InChI=1S/C25H29FN2O2S/c1-14-13-27-24(31-14)28-22(30)8-5-16-11-21(29)25(2)10-9-18-19(23(16)25)7-4-15-3-6-17(26)12-20(15)18/h3,6,12-13,16,18-19,23H,4-5,7-11H2,1-2H3,(H,27,28,30)/t16-,18?,19?,23?,25-/m1/s1. The maximum absolute atomic E-state index is 14.0. The molecule has 4 nitrogen and oxygen atoms in total. The Kier molecular flexibility index (Phi) is 5.24. The first-order valence-electron chi connectivity index (χ1n) is 11.4. The van der Waals surface area contributed by atoms with Gasteiger partial charge in [0.05, 0.1) is 0 Å². The third kappa shape index (κ3) is 3.63. The zero-order chi connectivity index (χ0) is 21.8. The minimum absolute atomic E-state index is 0.0289. The number of fused-ring (bicyclic) bond motifs is 5. The number of ketones is 1. The van der Waals surface area contributed by atoms with Gasteiger partial charge in [-0.2, -0.15) is 0 Å². The van der Waals surface area contributed by atoms with E-state index in [-0.39, 0.29) is 29.0 Å². The van der Waals surface area contributed by atoms with Gasteiger partial charge in [0.2, 0.25) is 5.91 Å². The van der Waals surface area contributed by atoms with Crippen molar-refractivity contribution in [3.8, 4) is 0 Å². The lowest BCUT2D eigenvalue weighted by Gasteiger charge is -2.50. The predicted octanol–water partition coefficient (Wildman–Crippen LogP) is 5.66. The van der Waals surface area contributed by atoms with Crippen LogP contribution in [-0.2, 0) is 16.0 Å². The average Bonchev–Trinajstić information content (AvgIpc) is 3.26. The zero-order valence-electron chi connectivity index (χ0n) is 18.1. The van der Waals surface area contributed by atoms with Gasteiger partial charge in [-0.1, -0.05) is 13.0 Å². The monoisotopic (exact) mass is 440 g/mol. The summed E-state index contributed by atoms with van der Waals surface area (Å²) in [6.45, 7) is 4.11. The van der Waals surface area contributed by atoms with E-state index in [0.717, 1.165) is 42.5 Å². The number of halogens is 1. The molecule has 6 heteroatoms. The summed E-state index contributed by atoms with van der Waals surface area (Å²) in [5.74, 6) is 1.41. The van der Waals surface area contributed by atoms with Crippen LogP contribution in [0, 0.1) is 35.9 Å². The van der Waals surface area contributed by atoms with Crippen molar-refractivity contribution >= 4 is 28.2 Å². The maximum Gasteiger partial charge on any atom is 0.226 e. The Balaban J connectivity index is 1.34. The van der Waals surface area contributed by atoms with Gasteiger partial charge in [0.25, 0.3) is 0 Å². The van der Waals surface area contributed by atoms with Crippen molar-refractivity contribution in [2.45, 2.75) is 64.7 Å². The number of aromatic nitrogens is 1. The van der Waals surface area contributed by atoms with Crippen LogP contribution in [0.5, 0.6) is 0 Å². The summed E-state index contributed by atoms with van der Waals surface area (Å²) >= 11 is 1.47. The third-order valence-corrected chi connectivity index (χ3v) is 8.97. The highest BCUT2D eigenvalue weighted by Gasteiger charge is 2.58. The molecule has 0 spiro atoms. The molecule has 5 atom stereocenters. The lowest BCUT2D eigenvalue weighted by molar-refractivity contribution is -0.129. The number of rotatable bonds is 4. The van der Waals surface area contributed by atoms with Crippen molar-refractivity contribution in [2.75, 3.05) is 5.32 Å². The number of nitrogens with one attached hydrogen (secondary N) is 1. The highest BCUT2D eigenvalue weighted by Crippen LogP contribution is 2.62. The highest BCUT2D eigenvalue weighted by atomic mass is 32.1. The van der Waals surface area contributed by atoms with E-state index in [4.69, 9.17) is 0 Å². The number of nitrogens with zero attached hydrogens (tertiary/aromatic N) is 1. The molecule has 2 aromatic rings. The quantitative estimate of drug-likeness (QED) is 0.667. The Bertz CT molecular complexity index is 1030. The van der Waals surface area contributed by atoms with Crippen LogP contribution in [0.15, 0.2) is 24.4 Å². The van der Waals surface area contributed by atoms with Crippen LogP contribution in [0.2, 0.25) is 0 Å². The molecule has 1 amide bonds. The van der Waals surface area contributed by atoms with Crippen molar-refractivity contribution in [1.29, 1.82) is 0 Å². The second kappa shape index (κ2) is 7.80. The molecule has 1 heterocycles. The number of hydrogen-bond acceptors (Lipinski definition) is 4. The van der Waals surface area contributed by atoms with Gasteiger partial charge in [0, 0.05) is 29.3 Å². The van der Waals surface area contributed by atoms with Gasteiger partial charge in [-0.05, 0) is 86.0 Å². The number of Topliss-reactive ketones (excluding diaryl/α,β-unsaturated/α-hetero) is 1. The van der Waals surface area contributed by atoms with Gasteiger partial charge in [0.15, 0.2) is 5.13 Å². The third-order valence-electron chi connectivity index (χ3n) is 8.15. The van der Waals surface area contributed by atoms with Crippen LogP contribution in [0.3, 0.4) is 0 Å². The SMILES string of the molecule is Cc1cnc(NC(=O)CC[C@@H]2CC(=O)[C@@]3(C)CCC4c5cc(F)ccc5CCC4C23)s1. The molecule has 3 aliphatic rings. The predicted molar refractivity (Wildman–Crippen MR) is 120 cm³/mol. The normalized spacial score (nSPS) is 31.6. The van der Waals surface area contributed by atoms with E-state index in [0.29, 0.717) is 35.6 Å². The number of thiazole rings is 1. The Hall–Kier alpha value is -2.08. The van der Waals surface area contributed by atoms with Crippen LogP contribution < -0.4 is 5.32 Å². The van der Waals surface area contributed by atoms with Gasteiger partial charge < -0.3 is 5.32 Å². The number of anilines is 1. The Morgan fingerprint density at radius 2 is 2.19 bits per heavy atom. The molecule has 0 aliphatic heterocycles. The van der Waals surface area contributed by atoms with Gasteiger partial charge in [-0.25, -0.2) is 9.37 Å². The largest absolute Gasteiger partial charge is 0.302 e. The topological polar surface area (TPSA) is 59.1 Å². The van der Waals surface area contributed by atoms with Crippen LogP contribution >= 0.6 is 11.3 Å². The van der Waals surface area contributed by atoms with Crippen molar-refractivity contribution < 1.29 is 14.0 Å². The summed E-state index contributed by atoms with van der Waals surface area (Å²) in [4.78, 5) is 30.9. The summed E-state index contributed by atoms with van der Waals surface area (Å²) < 4.78 is 14.0. The lowest BCUT2D eigenvalue weighted by atomic mass is 9.54. The second-order valence-corrected chi connectivity index (χ2v) is 11.1. The smallest absolute Gasteiger partial charge is 0.226 e. The zero-order valence-corrected chi connectivity index (χ0v) is 18.9. The molecule has 1 aromatic carbocycles. The van der Waals surface area contributed by atoms with Crippen LogP contribution in [0.4, 0.5) is 9.52 Å². The van der Waals surface area contributed by atoms with Crippen molar-refractivity contribution in [3.63, 3.8) is 0 Å². The molecule has 2 saturated carbocycles. The van der Waals surface area contributed by atoms with E-state index in [1.54, 1.807) is 18.3 Å². The molecule has 0 bridgehead atoms. The van der Waals surface area contributed by atoms with Crippen LogP contribution in [0.1, 0.15) is 67.4 Å². The van der Waals surface area contributed by atoms with Gasteiger partial charge in [-0.15, -0.1) is 11.3 Å². The van der Waals surface area contributed by atoms with E-state index < -0.39 is 0 Å². The summed E-state index contributed by atoms with van der Waals surface area (Å²) in [5.41, 5.74) is 2.14. The molecule has 3 aliphatic carbocycles. The first-order chi connectivity index (χ1) is 14.8. The number of hydrogen-bond donors (Lipinski definition) is 1. The number of carbonyl (C=O) groups is 2. The Labute approximate surface area is 186 Å². The van der Waals surface area contributed by atoms with E-state index in [9.17, 15) is 14.0 Å². The molecule has 3 unspecified atom stereocenters. The molecule has 2 fully saturated rings. The maximum atomic E-state index is 14.0. The number of benzene rings is 1. The van der Waals surface area contributed by atoms with Gasteiger partial charge in [0.1, 0.15) is 11.6 Å². The number of carbonyl (C=O) groups excluding carboxylic acids is 2. The lowest BCUT2D eigenvalue weighted by Crippen LogP contribution is -2.44. The van der Waals surface area contributed by atoms with E-state index >= 15 is 0 Å². The fourth-order valence-corrected chi connectivity index (χ4v) is 7.45. The summed E-state index contributed by atoms with van der Waals surface area (Å²) in [6.07, 6.45) is 7.29. The minimum Gasteiger partial charge on any atom is -0.302 e. The van der Waals surface area contributed by atoms with Crippen LogP contribution in [0.25, 0.3) is 0 Å². The fraction of sp³-hybridized carbons (Fsp3) is 0.560. The summed E-state index contributed by atoms with van der Waals surface area (Å²) in [6, 6.07) is 5.23. The Morgan fingerprint density at radius 3 is 2.97 bits per heavy atom. The van der Waals surface area contributed by atoms with E-state index in [1.165, 1.54) is 16.9 Å². The molecule has 0 saturated heterocycles. The molecule has 0 radical (unpaired) electrons. The second-order valence-electron chi connectivity index (χ2n) is 9.88. The van der Waals surface area contributed by atoms with Gasteiger partial charge >= 0.3 is 0 Å². The molecule has 1 N–H and O–H groups in total. The minimum atomic E-state index is -0.292.